The predicted molar refractivity (Wildman–Crippen MR) is 97.9 cm³/mol. The van der Waals surface area contributed by atoms with Crippen molar-refractivity contribution < 1.29 is 9.59 Å². The van der Waals surface area contributed by atoms with Gasteiger partial charge in [-0.2, -0.15) is 0 Å². The quantitative estimate of drug-likeness (QED) is 0.824. The van der Waals surface area contributed by atoms with Gasteiger partial charge in [0.1, 0.15) is 6.04 Å². The number of hydrogen-bond acceptors (Lipinski definition) is 2. The number of hydrogen-bond donors (Lipinski definition) is 1. The van der Waals surface area contributed by atoms with E-state index in [-0.39, 0.29) is 18.0 Å². The zero-order valence-corrected chi connectivity index (χ0v) is 14.3. The second kappa shape index (κ2) is 8.47. The third kappa shape index (κ3) is 4.47. The van der Waals surface area contributed by atoms with Crippen molar-refractivity contribution in [1.82, 2.24) is 10.2 Å². The summed E-state index contributed by atoms with van der Waals surface area (Å²) in [5, 5.41) is 3.18. The average molecular weight is 336 g/mol. The topological polar surface area (TPSA) is 49.4 Å². The van der Waals surface area contributed by atoms with E-state index < -0.39 is 0 Å². The normalized spacial score (nSPS) is 18.4. The summed E-state index contributed by atoms with van der Waals surface area (Å²) in [6, 6.07) is 19.7. The SMILES string of the molecule is O=CN1CCCC[C@H]1C(=O)N[C@@H](Cc1ccccc1)c1ccccc1. The third-order valence-corrected chi connectivity index (χ3v) is 4.78. The van der Waals surface area contributed by atoms with Crippen molar-refractivity contribution in [2.75, 3.05) is 6.54 Å². The molecule has 0 radical (unpaired) electrons. The molecule has 2 aromatic carbocycles. The largest absolute Gasteiger partial charge is 0.347 e. The van der Waals surface area contributed by atoms with Gasteiger partial charge < -0.3 is 10.2 Å². The molecule has 0 unspecified atom stereocenters. The fourth-order valence-corrected chi connectivity index (χ4v) is 3.42. The van der Waals surface area contributed by atoms with Crippen molar-refractivity contribution in [3.63, 3.8) is 0 Å². The van der Waals surface area contributed by atoms with Gasteiger partial charge in [-0.05, 0) is 36.8 Å². The van der Waals surface area contributed by atoms with E-state index in [4.69, 9.17) is 0 Å². The van der Waals surface area contributed by atoms with E-state index in [1.807, 2.05) is 48.5 Å². The van der Waals surface area contributed by atoms with Crippen LogP contribution in [0, 0.1) is 0 Å². The molecule has 1 N–H and O–H groups in total. The van der Waals surface area contributed by atoms with Gasteiger partial charge in [-0.15, -0.1) is 0 Å². The van der Waals surface area contributed by atoms with E-state index in [0.717, 1.165) is 37.7 Å². The van der Waals surface area contributed by atoms with Gasteiger partial charge in [0.25, 0.3) is 0 Å². The molecule has 0 aromatic heterocycles. The highest BCUT2D eigenvalue weighted by Crippen LogP contribution is 2.21. The number of carbonyl (C=O) groups excluding carboxylic acids is 2. The summed E-state index contributed by atoms with van der Waals surface area (Å²) < 4.78 is 0. The Morgan fingerprint density at radius 3 is 2.44 bits per heavy atom. The maximum atomic E-state index is 12.8. The highest BCUT2D eigenvalue weighted by Gasteiger charge is 2.29. The lowest BCUT2D eigenvalue weighted by Crippen LogP contribution is -2.49. The molecule has 3 rings (SSSR count). The molecule has 2 amide bonds. The number of nitrogens with one attached hydrogen (secondary N) is 1. The van der Waals surface area contributed by atoms with Gasteiger partial charge in [-0.25, -0.2) is 0 Å². The molecule has 1 aliphatic rings. The minimum absolute atomic E-state index is 0.0587. The Bertz CT molecular complexity index is 688. The molecule has 4 nitrogen and oxygen atoms in total. The molecule has 0 aliphatic carbocycles. The van der Waals surface area contributed by atoms with Crippen molar-refractivity contribution >= 4 is 12.3 Å². The molecule has 1 aliphatic heterocycles. The van der Waals surface area contributed by atoms with Crippen LogP contribution >= 0.6 is 0 Å². The van der Waals surface area contributed by atoms with Crippen LogP contribution in [0.5, 0.6) is 0 Å². The zero-order valence-electron chi connectivity index (χ0n) is 14.3. The second-order valence-electron chi connectivity index (χ2n) is 6.52. The summed E-state index contributed by atoms with van der Waals surface area (Å²) >= 11 is 0. The summed E-state index contributed by atoms with van der Waals surface area (Å²) in [5.41, 5.74) is 2.25. The first-order valence-corrected chi connectivity index (χ1v) is 8.88. The first kappa shape index (κ1) is 17.2. The standard InChI is InChI=1S/C21H24N2O2/c24-16-23-14-8-7-13-20(23)21(25)22-19(18-11-5-2-6-12-18)15-17-9-3-1-4-10-17/h1-6,9-12,16,19-20H,7-8,13-15H2,(H,22,25)/t19-,20-/m0/s1. The zero-order chi connectivity index (χ0) is 17.5. The number of nitrogens with zero attached hydrogens (tertiary/aromatic N) is 1. The average Bonchev–Trinajstić information content (AvgIpc) is 2.69. The van der Waals surface area contributed by atoms with Gasteiger partial charge in [0, 0.05) is 6.54 Å². The van der Waals surface area contributed by atoms with Crippen LogP contribution in [0.4, 0.5) is 0 Å². The van der Waals surface area contributed by atoms with Crippen molar-refractivity contribution in [2.24, 2.45) is 0 Å². The van der Waals surface area contributed by atoms with E-state index in [0.29, 0.717) is 6.54 Å². The molecule has 0 spiro atoms. The smallest absolute Gasteiger partial charge is 0.243 e. The maximum absolute atomic E-state index is 12.8. The van der Waals surface area contributed by atoms with Gasteiger partial charge in [-0.1, -0.05) is 60.7 Å². The van der Waals surface area contributed by atoms with Gasteiger partial charge >= 0.3 is 0 Å². The first-order chi connectivity index (χ1) is 12.3. The first-order valence-electron chi connectivity index (χ1n) is 8.88. The lowest BCUT2D eigenvalue weighted by atomic mass is 9.97. The Kier molecular flexibility index (Phi) is 5.83. The van der Waals surface area contributed by atoms with Crippen LogP contribution in [0.1, 0.15) is 36.4 Å². The number of carbonyl (C=O) groups is 2. The van der Waals surface area contributed by atoms with E-state index in [9.17, 15) is 9.59 Å². The van der Waals surface area contributed by atoms with Crippen LogP contribution in [0.25, 0.3) is 0 Å². The summed E-state index contributed by atoms with van der Waals surface area (Å²) in [7, 11) is 0. The second-order valence-corrected chi connectivity index (χ2v) is 6.52. The monoisotopic (exact) mass is 336 g/mol. The molecular formula is C21H24N2O2. The van der Waals surface area contributed by atoms with Crippen molar-refractivity contribution in [1.29, 1.82) is 0 Å². The Hall–Kier alpha value is -2.62. The molecule has 0 bridgehead atoms. The highest BCUT2D eigenvalue weighted by atomic mass is 16.2. The highest BCUT2D eigenvalue weighted by molar-refractivity contribution is 5.84. The summed E-state index contributed by atoms with van der Waals surface area (Å²) in [4.78, 5) is 25.7. The van der Waals surface area contributed by atoms with Crippen LogP contribution in [-0.4, -0.2) is 29.8 Å². The van der Waals surface area contributed by atoms with Gasteiger partial charge in [0.2, 0.25) is 12.3 Å². The van der Waals surface area contributed by atoms with E-state index in [1.54, 1.807) is 4.90 Å². The fraction of sp³-hybridized carbons (Fsp3) is 0.333. The van der Waals surface area contributed by atoms with Gasteiger partial charge in [0.05, 0.1) is 6.04 Å². The van der Waals surface area contributed by atoms with Crippen LogP contribution in [0.3, 0.4) is 0 Å². The number of benzene rings is 2. The summed E-state index contributed by atoms with van der Waals surface area (Å²) in [5.74, 6) is -0.0587. The number of amides is 2. The lowest BCUT2D eigenvalue weighted by Gasteiger charge is -2.33. The Balaban J connectivity index is 1.77. The minimum atomic E-state index is -0.353. The van der Waals surface area contributed by atoms with Crippen molar-refractivity contribution in [3.8, 4) is 0 Å². The van der Waals surface area contributed by atoms with E-state index in [1.165, 1.54) is 5.56 Å². The molecule has 4 heteroatoms. The van der Waals surface area contributed by atoms with E-state index in [2.05, 4.69) is 17.4 Å². The van der Waals surface area contributed by atoms with Crippen molar-refractivity contribution in [3.05, 3.63) is 71.8 Å². The van der Waals surface area contributed by atoms with Gasteiger partial charge in [0.15, 0.2) is 0 Å². The molecule has 1 fully saturated rings. The van der Waals surface area contributed by atoms with E-state index >= 15 is 0 Å². The molecule has 2 atom stereocenters. The predicted octanol–water partition coefficient (Wildman–Crippen LogP) is 3.10. The molecule has 130 valence electrons. The van der Waals surface area contributed by atoms with Crippen LogP contribution < -0.4 is 5.32 Å². The minimum Gasteiger partial charge on any atom is -0.347 e. The molecule has 25 heavy (non-hydrogen) atoms. The van der Waals surface area contributed by atoms with Crippen LogP contribution in [0.2, 0.25) is 0 Å². The Morgan fingerprint density at radius 1 is 1.08 bits per heavy atom. The molecule has 1 saturated heterocycles. The Morgan fingerprint density at radius 2 is 1.76 bits per heavy atom. The van der Waals surface area contributed by atoms with Crippen molar-refractivity contribution in [2.45, 2.75) is 37.8 Å². The Labute approximate surface area is 148 Å². The van der Waals surface area contributed by atoms with Gasteiger partial charge in [-0.3, -0.25) is 9.59 Å². The number of piperidine rings is 1. The third-order valence-electron chi connectivity index (χ3n) is 4.78. The maximum Gasteiger partial charge on any atom is 0.243 e. The van der Waals surface area contributed by atoms with Crippen LogP contribution in [0.15, 0.2) is 60.7 Å². The summed E-state index contributed by atoms with van der Waals surface area (Å²) in [6.45, 7) is 0.663. The molecule has 1 heterocycles. The molecule has 0 saturated carbocycles. The van der Waals surface area contributed by atoms with Crippen LogP contribution in [-0.2, 0) is 16.0 Å². The number of rotatable bonds is 6. The lowest BCUT2D eigenvalue weighted by molar-refractivity contribution is -0.135. The fourth-order valence-electron chi connectivity index (χ4n) is 3.42. The molecular weight excluding hydrogens is 312 g/mol. The number of likely N-dealkylation sites (tertiary alicyclic amines) is 1. The molecule has 2 aromatic rings. The summed E-state index contributed by atoms with van der Waals surface area (Å²) in [6.07, 6.45) is 4.21.